The van der Waals surface area contributed by atoms with E-state index in [0.717, 1.165) is 10.4 Å². The van der Waals surface area contributed by atoms with Gasteiger partial charge in [0.15, 0.2) is 0 Å². The van der Waals surface area contributed by atoms with Crippen LogP contribution in [0, 0.1) is 18.4 Å². The number of nitrogens with one attached hydrogen (secondary N) is 1. The van der Waals surface area contributed by atoms with E-state index in [1.54, 1.807) is 7.05 Å². The maximum Gasteiger partial charge on any atom is 0.220 e. The molecule has 0 aliphatic rings. The Hall–Kier alpha value is 3.59. The second-order valence-electron chi connectivity index (χ2n) is 2.21. The molecule has 1 amide bonds. The van der Waals surface area contributed by atoms with Crippen LogP contribution in [0.1, 0.15) is 10.4 Å². The molecule has 0 fully saturated rings. The number of aryl methyl sites for hydroxylation is 1. The first-order valence-electron chi connectivity index (χ1n) is 3.32. The molecule has 1 rings (SSSR count). The van der Waals surface area contributed by atoms with Crippen molar-refractivity contribution >= 4 is 17.2 Å². The van der Waals surface area contributed by atoms with E-state index >= 15 is 0 Å². The monoisotopic (exact) mass is 523 g/mol. The average Bonchev–Trinajstić information content (AvgIpc) is 2.35. The van der Waals surface area contributed by atoms with Gasteiger partial charge >= 0.3 is 0 Å². The number of thiophene rings is 1. The number of amides is 1. The van der Waals surface area contributed by atoms with Crippen LogP contribution in [-0.4, -0.2) is 13.0 Å². The Balaban J connectivity index is -0.000000151. The van der Waals surface area contributed by atoms with Crippen LogP contribution < -0.4 is 5.32 Å². The third-order valence-corrected chi connectivity index (χ3v) is 2.03. The van der Waals surface area contributed by atoms with E-state index in [2.05, 4.69) is 16.8 Å². The molecule has 0 bridgehead atoms. The second-order valence-corrected chi connectivity index (χ2v) is 3.23. The molecule has 1 aromatic rings. The van der Waals surface area contributed by atoms with E-state index in [4.69, 9.17) is 0 Å². The molecule has 0 aliphatic carbocycles. The minimum atomic E-state index is 0. The van der Waals surface area contributed by atoms with Gasteiger partial charge in [0.1, 0.15) is 0 Å². The van der Waals surface area contributed by atoms with Crippen LogP contribution in [-0.2, 0) is 142 Å². The van der Waals surface area contributed by atoms with Crippen molar-refractivity contribution in [2.45, 2.75) is 13.3 Å². The summed E-state index contributed by atoms with van der Waals surface area (Å²) in [6.07, 6.45) is 0.390. The standard InChI is InChI=1S/C8H9NOS.4Y/c1-6-3-7(5-11-6)4-8(10)9-2;;;;/h4H2,1-2H3,(H,9,10);;;;/q-2;;;;. The summed E-state index contributed by atoms with van der Waals surface area (Å²) in [5.41, 5.74) is 0.854. The molecule has 7 heteroatoms. The smallest absolute Gasteiger partial charge is 0.220 e. The Kier molecular flexibility index (Phi) is 28.2. The molecular formula is C8H9NOSY4-2. The zero-order valence-corrected chi connectivity index (χ0v) is 21.0. The van der Waals surface area contributed by atoms with Crippen LogP contribution >= 0.6 is 11.3 Å². The van der Waals surface area contributed by atoms with Crippen LogP contribution in [0.25, 0.3) is 0 Å². The van der Waals surface area contributed by atoms with E-state index in [1.807, 2.05) is 6.92 Å². The summed E-state index contributed by atoms with van der Waals surface area (Å²) in [6.45, 7) is 1.95. The number of hydrogen-bond donors (Lipinski definition) is 1. The van der Waals surface area contributed by atoms with Gasteiger partial charge in [-0.05, 0) is 0 Å². The van der Waals surface area contributed by atoms with Crippen LogP contribution in [0.15, 0.2) is 0 Å². The van der Waals surface area contributed by atoms with Gasteiger partial charge in [-0.2, -0.15) is 0 Å². The number of likely N-dealkylation sites (N-methyl/N-ethyl adjacent to an activating group) is 1. The fraction of sp³-hybridized carbons (Fsp3) is 0.375. The van der Waals surface area contributed by atoms with Crippen molar-refractivity contribution in [1.29, 1.82) is 0 Å². The number of carbonyl (C=O) groups is 1. The van der Waals surface area contributed by atoms with Crippen LogP contribution in [0.4, 0.5) is 0 Å². The summed E-state index contributed by atoms with van der Waals surface area (Å²) >= 11 is 1.50. The van der Waals surface area contributed by atoms with Crippen molar-refractivity contribution in [3.05, 3.63) is 21.9 Å². The maximum absolute atomic E-state index is 10.8. The zero-order valence-electron chi connectivity index (χ0n) is 8.83. The third kappa shape index (κ3) is 12.4. The van der Waals surface area contributed by atoms with Gasteiger partial charge in [-0.1, -0.05) is 0 Å². The zero-order chi connectivity index (χ0) is 8.27. The van der Waals surface area contributed by atoms with Crippen LogP contribution in [0.3, 0.4) is 0 Å². The topological polar surface area (TPSA) is 29.1 Å². The molecular weight excluding hydrogens is 514 g/mol. The molecule has 15 heavy (non-hydrogen) atoms. The number of rotatable bonds is 2. The van der Waals surface area contributed by atoms with Gasteiger partial charge in [-0.15, -0.1) is 6.92 Å². The van der Waals surface area contributed by atoms with Crippen molar-refractivity contribution < 1.29 is 136 Å². The Morgan fingerprint density at radius 1 is 1.33 bits per heavy atom. The van der Waals surface area contributed by atoms with Crippen molar-refractivity contribution in [3.63, 3.8) is 0 Å². The van der Waals surface area contributed by atoms with Crippen molar-refractivity contribution in [2.24, 2.45) is 0 Å². The van der Waals surface area contributed by atoms with Gasteiger partial charge < -0.3 is 27.6 Å². The number of hydrogen-bond acceptors (Lipinski definition) is 2. The summed E-state index contributed by atoms with van der Waals surface area (Å²) in [7, 11) is 1.63. The van der Waals surface area contributed by atoms with Gasteiger partial charge in [0.05, 0.1) is 0 Å². The molecule has 0 saturated carbocycles. The molecule has 0 unspecified atom stereocenters. The predicted octanol–water partition coefficient (Wildman–Crippen LogP) is 0.935. The second kappa shape index (κ2) is 15.6. The van der Waals surface area contributed by atoms with E-state index in [1.165, 1.54) is 11.3 Å². The molecule has 2 nitrogen and oxygen atoms in total. The van der Waals surface area contributed by atoms with Crippen molar-refractivity contribution in [3.8, 4) is 0 Å². The Morgan fingerprint density at radius 2 is 1.87 bits per heavy atom. The number of carbonyl (C=O) groups excluding carboxylic acids is 1. The van der Waals surface area contributed by atoms with Gasteiger partial charge in [-0.3, -0.25) is 15.7 Å². The average molecular weight is 523 g/mol. The summed E-state index contributed by atoms with van der Waals surface area (Å²) in [6, 6.07) is 3.04. The van der Waals surface area contributed by atoms with Gasteiger partial charge in [-0.25, -0.2) is 0 Å². The fourth-order valence-electron chi connectivity index (χ4n) is 0.731. The molecule has 1 heterocycles. The van der Waals surface area contributed by atoms with E-state index < -0.39 is 0 Å². The SMILES string of the molecule is CNC(=O)Cc1[c-]sc(C)[c-]1.[Y].[Y].[Y].[Y]. The molecule has 4 radical (unpaired) electrons. The molecule has 72 valence electrons. The first kappa shape index (κ1) is 27.0. The van der Waals surface area contributed by atoms with Crippen LogP contribution in [0.2, 0.25) is 0 Å². The minimum absolute atomic E-state index is 0. The Morgan fingerprint density at radius 3 is 2.20 bits per heavy atom. The molecule has 1 N–H and O–H groups in total. The Labute approximate surface area is 196 Å². The minimum Gasteiger partial charge on any atom is -0.456 e. The van der Waals surface area contributed by atoms with Gasteiger partial charge in [0, 0.05) is 144 Å². The van der Waals surface area contributed by atoms with E-state index in [0.29, 0.717) is 6.42 Å². The first-order valence-corrected chi connectivity index (χ1v) is 4.14. The fourth-order valence-corrected chi connectivity index (χ4v) is 1.30. The molecule has 0 atom stereocenters. The largest absolute Gasteiger partial charge is 0.456 e. The van der Waals surface area contributed by atoms with Crippen LogP contribution in [0.5, 0.6) is 0 Å². The van der Waals surface area contributed by atoms with Crippen molar-refractivity contribution in [2.75, 3.05) is 7.05 Å². The predicted molar refractivity (Wildman–Crippen MR) is 44.5 cm³/mol. The summed E-state index contributed by atoms with van der Waals surface area (Å²) in [5.74, 6) is 0.00954. The molecule has 0 aromatic carbocycles. The molecule has 1 aromatic heterocycles. The molecule has 0 spiro atoms. The first-order chi connectivity index (χ1) is 5.22. The molecule has 0 saturated heterocycles. The maximum atomic E-state index is 10.8. The normalized spacial score (nSPS) is 7.07. The quantitative estimate of drug-likeness (QED) is 0.576. The third-order valence-electron chi connectivity index (χ3n) is 1.27. The Bertz CT molecular complexity index is 267. The van der Waals surface area contributed by atoms with E-state index in [9.17, 15) is 4.79 Å². The summed E-state index contributed by atoms with van der Waals surface area (Å²) in [5, 5.41) is 5.54. The van der Waals surface area contributed by atoms with Gasteiger partial charge in [0.2, 0.25) is 5.91 Å². The van der Waals surface area contributed by atoms with Gasteiger partial charge in [0.25, 0.3) is 0 Å². The molecule has 0 aliphatic heterocycles. The summed E-state index contributed by atoms with van der Waals surface area (Å²) < 4.78 is 0. The summed E-state index contributed by atoms with van der Waals surface area (Å²) in [4.78, 5) is 11.9. The van der Waals surface area contributed by atoms with Crippen molar-refractivity contribution in [1.82, 2.24) is 5.32 Å². The van der Waals surface area contributed by atoms with E-state index in [-0.39, 0.29) is 137 Å².